The summed E-state index contributed by atoms with van der Waals surface area (Å²) in [6, 6.07) is 11.3. The van der Waals surface area contributed by atoms with Crippen molar-refractivity contribution < 1.29 is 9.53 Å². The standard InChI is InChI=1S/C18H20BrN3O2.2ClH/c1-20-14-4-3-11-22(12-14)18(23)16-5-2-10-21-17(16)24-15-8-6-13(19)7-9-15;;/h2,5-10,14,20H,3-4,11-12H2,1H3;2*1H. The smallest absolute Gasteiger partial charge is 0.259 e. The molecule has 1 N–H and O–H groups in total. The van der Waals surface area contributed by atoms with E-state index >= 15 is 0 Å². The Morgan fingerprint density at radius 1 is 1.27 bits per heavy atom. The third-order valence-electron chi connectivity index (χ3n) is 4.15. The van der Waals surface area contributed by atoms with Crippen LogP contribution in [0, 0.1) is 0 Å². The van der Waals surface area contributed by atoms with Crippen molar-refractivity contribution in [2.75, 3.05) is 20.1 Å². The molecule has 0 radical (unpaired) electrons. The van der Waals surface area contributed by atoms with Crippen molar-refractivity contribution in [3.05, 3.63) is 52.6 Å². The largest absolute Gasteiger partial charge is 0.438 e. The van der Waals surface area contributed by atoms with Crippen molar-refractivity contribution in [3.63, 3.8) is 0 Å². The van der Waals surface area contributed by atoms with Crippen LogP contribution >= 0.6 is 40.7 Å². The minimum Gasteiger partial charge on any atom is -0.438 e. The molecule has 1 atom stereocenters. The summed E-state index contributed by atoms with van der Waals surface area (Å²) in [5.74, 6) is 0.962. The Labute approximate surface area is 174 Å². The molecule has 2 aromatic rings. The van der Waals surface area contributed by atoms with Gasteiger partial charge in [-0.2, -0.15) is 0 Å². The van der Waals surface area contributed by atoms with Crippen molar-refractivity contribution in [2.45, 2.75) is 18.9 Å². The molecule has 1 aliphatic rings. The number of likely N-dealkylation sites (N-methyl/N-ethyl adjacent to an activating group) is 1. The van der Waals surface area contributed by atoms with Gasteiger partial charge in [-0.25, -0.2) is 4.98 Å². The van der Waals surface area contributed by atoms with E-state index in [1.165, 1.54) is 0 Å². The van der Waals surface area contributed by atoms with E-state index in [4.69, 9.17) is 4.74 Å². The lowest BCUT2D eigenvalue weighted by Crippen LogP contribution is -2.47. The summed E-state index contributed by atoms with van der Waals surface area (Å²) in [5, 5.41) is 3.25. The first-order valence-electron chi connectivity index (χ1n) is 8.02. The molecule has 0 aliphatic carbocycles. The number of pyridine rings is 1. The fourth-order valence-corrected chi connectivity index (χ4v) is 3.08. The van der Waals surface area contributed by atoms with Crippen molar-refractivity contribution in [3.8, 4) is 11.6 Å². The van der Waals surface area contributed by atoms with Gasteiger partial charge in [0.1, 0.15) is 11.3 Å². The van der Waals surface area contributed by atoms with E-state index in [-0.39, 0.29) is 30.7 Å². The number of piperidine rings is 1. The number of carbonyl (C=O) groups is 1. The summed E-state index contributed by atoms with van der Waals surface area (Å²) in [6.07, 6.45) is 3.73. The lowest BCUT2D eigenvalue weighted by molar-refractivity contribution is 0.0695. The number of benzene rings is 1. The molecule has 5 nitrogen and oxygen atoms in total. The van der Waals surface area contributed by atoms with Crippen LogP contribution in [0.15, 0.2) is 47.1 Å². The van der Waals surface area contributed by atoms with Gasteiger partial charge in [0.15, 0.2) is 0 Å². The van der Waals surface area contributed by atoms with Crippen LogP contribution in [-0.2, 0) is 0 Å². The van der Waals surface area contributed by atoms with Crippen LogP contribution in [0.25, 0.3) is 0 Å². The molecule has 1 amide bonds. The Morgan fingerprint density at radius 3 is 2.69 bits per heavy atom. The Balaban J connectivity index is 0.00000169. The van der Waals surface area contributed by atoms with Crippen molar-refractivity contribution >= 4 is 46.7 Å². The number of hydrogen-bond acceptors (Lipinski definition) is 4. The molecule has 1 aliphatic heterocycles. The number of halogens is 3. The zero-order valence-corrected chi connectivity index (χ0v) is 17.6. The number of nitrogens with zero attached hydrogens (tertiary/aromatic N) is 2. The fourth-order valence-electron chi connectivity index (χ4n) is 2.82. The molecule has 1 unspecified atom stereocenters. The molecule has 1 fully saturated rings. The molecular weight excluding hydrogens is 441 g/mol. The lowest BCUT2D eigenvalue weighted by Gasteiger charge is -2.32. The van der Waals surface area contributed by atoms with Gasteiger partial charge in [0.2, 0.25) is 5.88 Å². The minimum absolute atomic E-state index is 0. The van der Waals surface area contributed by atoms with Gasteiger partial charge in [0, 0.05) is 29.8 Å². The van der Waals surface area contributed by atoms with Crippen LogP contribution in [0.1, 0.15) is 23.2 Å². The van der Waals surface area contributed by atoms with Gasteiger partial charge in [0.25, 0.3) is 5.91 Å². The van der Waals surface area contributed by atoms with Gasteiger partial charge >= 0.3 is 0 Å². The first kappa shape index (κ1) is 22.7. The maximum Gasteiger partial charge on any atom is 0.259 e. The molecule has 8 heteroatoms. The minimum atomic E-state index is -0.0323. The van der Waals surface area contributed by atoms with Gasteiger partial charge in [-0.15, -0.1) is 24.8 Å². The van der Waals surface area contributed by atoms with Gasteiger partial charge < -0.3 is 15.0 Å². The number of aromatic nitrogens is 1. The van der Waals surface area contributed by atoms with Crippen molar-refractivity contribution in [2.24, 2.45) is 0 Å². The van der Waals surface area contributed by atoms with E-state index in [2.05, 4.69) is 26.2 Å². The molecule has 0 bridgehead atoms. The van der Waals surface area contributed by atoms with Crippen LogP contribution < -0.4 is 10.1 Å². The Hall–Kier alpha value is -1.34. The fraction of sp³-hybridized carbons (Fsp3) is 0.333. The maximum atomic E-state index is 12.9. The highest BCUT2D eigenvalue weighted by Crippen LogP contribution is 2.26. The summed E-state index contributed by atoms with van der Waals surface area (Å²) < 4.78 is 6.81. The molecule has 26 heavy (non-hydrogen) atoms. The monoisotopic (exact) mass is 461 g/mol. The van der Waals surface area contributed by atoms with Gasteiger partial charge in [-0.1, -0.05) is 15.9 Å². The van der Waals surface area contributed by atoms with Crippen molar-refractivity contribution in [1.29, 1.82) is 0 Å². The van der Waals surface area contributed by atoms with Crippen LogP contribution in [-0.4, -0.2) is 42.0 Å². The van der Waals surface area contributed by atoms with Crippen LogP contribution in [0.5, 0.6) is 11.6 Å². The zero-order chi connectivity index (χ0) is 16.9. The van der Waals surface area contributed by atoms with E-state index in [0.717, 1.165) is 23.9 Å². The molecule has 1 aromatic heterocycles. The lowest BCUT2D eigenvalue weighted by atomic mass is 10.0. The number of hydrogen-bond donors (Lipinski definition) is 1. The van der Waals surface area contributed by atoms with Crippen molar-refractivity contribution in [1.82, 2.24) is 15.2 Å². The molecule has 2 heterocycles. The summed E-state index contributed by atoms with van der Waals surface area (Å²) >= 11 is 3.40. The summed E-state index contributed by atoms with van der Waals surface area (Å²) in [7, 11) is 1.94. The molecule has 1 aromatic carbocycles. The molecular formula is C18H22BrCl2N3O2. The molecule has 0 spiro atoms. The van der Waals surface area contributed by atoms with E-state index < -0.39 is 0 Å². The number of likely N-dealkylation sites (tertiary alicyclic amines) is 1. The predicted octanol–water partition coefficient (Wildman–Crippen LogP) is 4.30. The first-order chi connectivity index (χ1) is 11.7. The molecule has 1 saturated heterocycles. The average Bonchev–Trinajstić information content (AvgIpc) is 2.63. The average molecular weight is 463 g/mol. The third kappa shape index (κ3) is 5.58. The second-order valence-corrected chi connectivity index (χ2v) is 6.71. The first-order valence-corrected chi connectivity index (χ1v) is 8.81. The predicted molar refractivity (Wildman–Crippen MR) is 111 cm³/mol. The SMILES string of the molecule is CNC1CCCN(C(=O)c2cccnc2Oc2ccc(Br)cc2)C1.Cl.Cl. The normalized spacial score (nSPS) is 16.2. The van der Waals surface area contributed by atoms with E-state index in [1.807, 2.05) is 36.2 Å². The second-order valence-electron chi connectivity index (χ2n) is 5.79. The number of ether oxygens (including phenoxy) is 1. The van der Waals surface area contributed by atoms with Gasteiger partial charge in [0.05, 0.1) is 0 Å². The van der Waals surface area contributed by atoms with Gasteiger partial charge in [-0.05, 0) is 56.3 Å². The molecule has 142 valence electrons. The number of amides is 1. The van der Waals surface area contributed by atoms with Gasteiger partial charge in [-0.3, -0.25) is 4.79 Å². The maximum absolute atomic E-state index is 12.9. The van der Waals surface area contributed by atoms with Crippen LogP contribution in [0.3, 0.4) is 0 Å². The highest BCUT2D eigenvalue weighted by atomic mass is 79.9. The zero-order valence-electron chi connectivity index (χ0n) is 14.4. The summed E-state index contributed by atoms with van der Waals surface area (Å²) in [4.78, 5) is 19.0. The highest BCUT2D eigenvalue weighted by Gasteiger charge is 2.26. The highest BCUT2D eigenvalue weighted by molar-refractivity contribution is 9.10. The van der Waals surface area contributed by atoms with E-state index in [0.29, 0.717) is 29.8 Å². The Kier molecular flexibility index (Phi) is 9.36. The number of carbonyl (C=O) groups excluding carboxylic acids is 1. The van der Waals surface area contributed by atoms with Crippen LogP contribution in [0.4, 0.5) is 0 Å². The quantitative estimate of drug-likeness (QED) is 0.735. The molecule has 0 saturated carbocycles. The summed E-state index contributed by atoms with van der Waals surface area (Å²) in [6.45, 7) is 1.48. The van der Waals surface area contributed by atoms with E-state index in [9.17, 15) is 4.79 Å². The second kappa shape index (κ2) is 10.7. The van der Waals surface area contributed by atoms with E-state index in [1.54, 1.807) is 18.3 Å². The third-order valence-corrected chi connectivity index (χ3v) is 4.68. The van der Waals surface area contributed by atoms with Crippen LogP contribution in [0.2, 0.25) is 0 Å². The Morgan fingerprint density at radius 2 is 2.00 bits per heavy atom. The topological polar surface area (TPSA) is 54.5 Å². The number of rotatable bonds is 4. The summed E-state index contributed by atoms with van der Waals surface area (Å²) in [5.41, 5.74) is 0.497. The number of nitrogens with one attached hydrogen (secondary N) is 1. The Bertz CT molecular complexity index is 716. The molecule has 3 rings (SSSR count).